The number of hydrogen-bond donors (Lipinski definition) is 2. The zero-order chi connectivity index (χ0) is 16.1. The first-order valence-corrected chi connectivity index (χ1v) is 6.73. The molecular formula is C17H16O5. The monoisotopic (exact) mass is 300 g/mol. The Bertz CT molecular complexity index is 706. The third-order valence-corrected chi connectivity index (χ3v) is 3.40. The largest absolute Gasteiger partial charge is 0.497 e. The second-order valence-corrected chi connectivity index (χ2v) is 4.83. The fourth-order valence-electron chi connectivity index (χ4n) is 2.23. The lowest BCUT2D eigenvalue weighted by Crippen LogP contribution is -2.07. The molecule has 0 radical (unpaired) electrons. The zero-order valence-corrected chi connectivity index (χ0v) is 12.1. The molecule has 0 saturated heterocycles. The van der Waals surface area contributed by atoms with Crippen molar-refractivity contribution in [1.29, 1.82) is 0 Å². The van der Waals surface area contributed by atoms with Gasteiger partial charge in [0.25, 0.3) is 0 Å². The molecule has 2 aromatic carbocycles. The molecule has 0 spiro atoms. The molecule has 0 atom stereocenters. The minimum Gasteiger partial charge on any atom is -0.497 e. The summed E-state index contributed by atoms with van der Waals surface area (Å²) in [5, 5.41) is 18.2. The average Bonchev–Trinajstić information content (AvgIpc) is 2.52. The number of rotatable bonds is 6. The van der Waals surface area contributed by atoms with Gasteiger partial charge in [-0.1, -0.05) is 18.2 Å². The van der Waals surface area contributed by atoms with Crippen LogP contribution in [0.15, 0.2) is 42.5 Å². The van der Waals surface area contributed by atoms with Gasteiger partial charge in [0.2, 0.25) is 0 Å². The molecule has 0 heterocycles. The molecule has 0 fully saturated rings. The van der Waals surface area contributed by atoms with Crippen LogP contribution in [-0.4, -0.2) is 29.3 Å². The average molecular weight is 300 g/mol. The number of carboxylic acids is 2. The lowest BCUT2D eigenvalue weighted by molar-refractivity contribution is 0.0695. The van der Waals surface area contributed by atoms with Crippen molar-refractivity contribution in [2.45, 2.75) is 12.8 Å². The minimum absolute atomic E-state index is 0.0254. The number of ether oxygens (including phenoxy) is 1. The smallest absolute Gasteiger partial charge is 0.335 e. The summed E-state index contributed by atoms with van der Waals surface area (Å²) in [5.74, 6) is -1.51. The lowest BCUT2D eigenvalue weighted by Gasteiger charge is -2.08. The van der Waals surface area contributed by atoms with Crippen molar-refractivity contribution < 1.29 is 24.5 Å². The van der Waals surface area contributed by atoms with Gasteiger partial charge in [-0.15, -0.1) is 0 Å². The van der Waals surface area contributed by atoms with Crippen LogP contribution in [0.3, 0.4) is 0 Å². The molecule has 0 bridgehead atoms. The molecule has 5 nitrogen and oxygen atoms in total. The maximum atomic E-state index is 11.3. The fourth-order valence-corrected chi connectivity index (χ4v) is 2.23. The Labute approximate surface area is 127 Å². The van der Waals surface area contributed by atoms with Gasteiger partial charge in [0.05, 0.1) is 18.2 Å². The normalized spacial score (nSPS) is 10.2. The van der Waals surface area contributed by atoms with Gasteiger partial charge in [-0.2, -0.15) is 0 Å². The summed E-state index contributed by atoms with van der Waals surface area (Å²) in [6.07, 6.45) is 1.15. The maximum Gasteiger partial charge on any atom is 0.335 e. The fraction of sp³-hybridized carbons (Fsp3) is 0.176. The standard InChI is InChI=1S/C17H16O5/c1-22-14-4-2-3-11(9-14)5-6-12-7-8-13(16(18)19)10-15(12)17(20)21/h2-4,7-10H,5-6H2,1H3,(H,18,19)(H,20,21). The van der Waals surface area contributed by atoms with Crippen LogP contribution >= 0.6 is 0 Å². The van der Waals surface area contributed by atoms with Crippen molar-refractivity contribution >= 4 is 11.9 Å². The van der Waals surface area contributed by atoms with Crippen LogP contribution in [0, 0.1) is 0 Å². The van der Waals surface area contributed by atoms with E-state index in [-0.39, 0.29) is 11.1 Å². The Kier molecular flexibility index (Phi) is 4.78. The topological polar surface area (TPSA) is 83.8 Å². The van der Waals surface area contributed by atoms with Gasteiger partial charge < -0.3 is 14.9 Å². The Morgan fingerprint density at radius 3 is 2.41 bits per heavy atom. The highest BCUT2D eigenvalue weighted by atomic mass is 16.5. The van der Waals surface area contributed by atoms with Crippen molar-refractivity contribution in [3.05, 3.63) is 64.7 Å². The van der Waals surface area contributed by atoms with E-state index in [1.165, 1.54) is 12.1 Å². The van der Waals surface area contributed by atoms with E-state index in [0.717, 1.165) is 11.3 Å². The SMILES string of the molecule is COc1cccc(CCc2ccc(C(=O)O)cc2C(=O)O)c1. The molecule has 0 aliphatic rings. The number of aryl methyl sites for hydroxylation is 2. The Balaban J connectivity index is 2.21. The van der Waals surface area contributed by atoms with Crippen LogP contribution in [0.1, 0.15) is 31.8 Å². The maximum absolute atomic E-state index is 11.3. The van der Waals surface area contributed by atoms with Crippen LogP contribution in [-0.2, 0) is 12.8 Å². The van der Waals surface area contributed by atoms with Crippen LogP contribution in [0.2, 0.25) is 0 Å². The summed E-state index contributed by atoms with van der Waals surface area (Å²) in [4.78, 5) is 22.2. The van der Waals surface area contributed by atoms with Gasteiger partial charge in [0.1, 0.15) is 5.75 Å². The molecule has 0 aliphatic heterocycles. The predicted molar refractivity (Wildman–Crippen MR) is 80.8 cm³/mol. The Morgan fingerprint density at radius 2 is 1.77 bits per heavy atom. The van der Waals surface area contributed by atoms with Crippen LogP contribution < -0.4 is 4.74 Å². The molecule has 5 heteroatoms. The summed E-state index contributed by atoms with van der Waals surface area (Å²) in [7, 11) is 1.59. The van der Waals surface area contributed by atoms with Gasteiger partial charge in [-0.25, -0.2) is 9.59 Å². The molecular weight excluding hydrogens is 284 g/mol. The third-order valence-electron chi connectivity index (χ3n) is 3.40. The van der Waals surface area contributed by atoms with E-state index in [9.17, 15) is 14.7 Å². The molecule has 2 aromatic rings. The highest BCUT2D eigenvalue weighted by Crippen LogP contribution is 2.18. The van der Waals surface area contributed by atoms with E-state index in [1.54, 1.807) is 13.2 Å². The summed E-state index contributed by atoms with van der Waals surface area (Å²) in [6, 6.07) is 11.7. The van der Waals surface area contributed by atoms with Gasteiger partial charge in [-0.3, -0.25) is 0 Å². The molecule has 2 rings (SSSR count). The first kappa shape index (κ1) is 15.6. The van der Waals surface area contributed by atoms with Gasteiger partial charge in [-0.05, 0) is 48.2 Å². The quantitative estimate of drug-likeness (QED) is 0.857. The van der Waals surface area contributed by atoms with Crippen molar-refractivity contribution in [2.75, 3.05) is 7.11 Å². The number of benzene rings is 2. The Hall–Kier alpha value is -2.82. The second-order valence-electron chi connectivity index (χ2n) is 4.83. The number of aromatic carboxylic acids is 2. The van der Waals surface area contributed by atoms with Gasteiger partial charge >= 0.3 is 11.9 Å². The van der Waals surface area contributed by atoms with Gasteiger partial charge in [0.15, 0.2) is 0 Å². The van der Waals surface area contributed by atoms with Crippen molar-refractivity contribution in [3.63, 3.8) is 0 Å². The minimum atomic E-state index is -1.14. The van der Waals surface area contributed by atoms with E-state index in [1.807, 2.05) is 24.3 Å². The number of hydrogen-bond acceptors (Lipinski definition) is 3. The second kappa shape index (κ2) is 6.76. The summed E-state index contributed by atoms with van der Waals surface area (Å²) in [6.45, 7) is 0. The zero-order valence-electron chi connectivity index (χ0n) is 12.1. The van der Waals surface area contributed by atoms with Crippen LogP contribution in [0.4, 0.5) is 0 Å². The molecule has 0 saturated carbocycles. The predicted octanol–water partition coefficient (Wildman–Crippen LogP) is 2.88. The van der Waals surface area contributed by atoms with Crippen molar-refractivity contribution in [1.82, 2.24) is 0 Å². The molecule has 114 valence electrons. The van der Waals surface area contributed by atoms with Crippen LogP contribution in [0.5, 0.6) is 5.75 Å². The molecule has 22 heavy (non-hydrogen) atoms. The lowest BCUT2D eigenvalue weighted by atomic mass is 9.97. The van der Waals surface area contributed by atoms with Crippen molar-refractivity contribution in [2.24, 2.45) is 0 Å². The summed E-state index contributed by atoms with van der Waals surface area (Å²) in [5.41, 5.74) is 1.64. The first-order chi connectivity index (χ1) is 10.5. The molecule has 0 aromatic heterocycles. The molecule has 0 amide bonds. The highest BCUT2D eigenvalue weighted by molar-refractivity contribution is 5.94. The van der Waals surface area contributed by atoms with Crippen molar-refractivity contribution in [3.8, 4) is 5.75 Å². The molecule has 2 N–H and O–H groups in total. The molecule has 0 unspecified atom stereocenters. The Morgan fingerprint density at radius 1 is 1.00 bits per heavy atom. The summed E-state index contributed by atoms with van der Waals surface area (Å²) >= 11 is 0. The van der Waals surface area contributed by atoms with E-state index >= 15 is 0 Å². The van der Waals surface area contributed by atoms with Gasteiger partial charge in [0, 0.05) is 0 Å². The first-order valence-electron chi connectivity index (χ1n) is 6.73. The summed E-state index contributed by atoms with van der Waals surface area (Å²) < 4.78 is 5.15. The number of methoxy groups -OCH3 is 1. The molecule has 0 aliphatic carbocycles. The van der Waals surface area contributed by atoms with E-state index in [0.29, 0.717) is 18.4 Å². The van der Waals surface area contributed by atoms with E-state index in [2.05, 4.69) is 0 Å². The highest BCUT2D eigenvalue weighted by Gasteiger charge is 2.14. The van der Waals surface area contributed by atoms with Crippen LogP contribution in [0.25, 0.3) is 0 Å². The third kappa shape index (κ3) is 3.63. The number of carboxylic acid groups (broad SMARTS) is 2. The van der Waals surface area contributed by atoms with E-state index in [4.69, 9.17) is 9.84 Å². The number of carbonyl (C=O) groups is 2. The van der Waals surface area contributed by atoms with E-state index < -0.39 is 11.9 Å².